The van der Waals surface area contributed by atoms with Gasteiger partial charge in [-0.05, 0) is 53.3 Å². The number of carbonyl (C=O) groups excluding carboxylic acids is 1. The Hall–Kier alpha value is -4.10. The molecule has 184 valence electrons. The SMILES string of the molecule is COc1cc(O)c(Cl)c(C)c1-c1cc(O)cc2cc3c(c(O)c12)C(=O)c1c(O)cc(O)cc1C3(C)C. The average molecular weight is 507 g/mol. The fourth-order valence-corrected chi connectivity index (χ4v) is 5.43. The number of ketones is 1. The summed E-state index contributed by atoms with van der Waals surface area (Å²) < 4.78 is 5.48. The first-order chi connectivity index (χ1) is 16.9. The zero-order chi connectivity index (χ0) is 26.3. The molecule has 0 spiro atoms. The summed E-state index contributed by atoms with van der Waals surface area (Å²) in [5.74, 6) is -1.54. The predicted octanol–water partition coefficient (Wildman–Crippen LogP) is 5.88. The zero-order valence-electron chi connectivity index (χ0n) is 19.9. The second kappa shape index (κ2) is 7.70. The highest BCUT2D eigenvalue weighted by atomic mass is 35.5. The van der Waals surface area contributed by atoms with Crippen molar-refractivity contribution in [2.45, 2.75) is 26.2 Å². The molecule has 0 atom stereocenters. The van der Waals surface area contributed by atoms with Gasteiger partial charge in [0, 0.05) is 34.1 Å². The third-order valence-electron chi connectivity index (χ3n) is 7.03. The van der Waals surface area contributed by atoms with Crippen molar-refractivity contribution in [3.63, 3.8) is 0 Å². The van der Waals surface area contributed by atoms with Gasteiger partial charge >= 0.3 is 0 Å². The van der Waals surface area contributed by atoms with E-state index in [-0.39, 0.29) is 56.0 Å². The summed E-state index contributed by atoms with van der Waals surface area (Å²) in [7, 11) is 1.42. The van der Waals surface area contributed by atoms with Gasteiger partial charge in [0.1, 0.15) is 34.5 Å². The Balaban J connectivity index is 1.94. The molecule has 0 saturated heterocycles. The summed E-state index contributed by atoms with van der Waals surface area (Å²) >= 11 is 6.32. The third kappa shape index (κ3) is 3.09. The van der Waals surface area contributed by atoms with Crippen molar-refractivity contribution in [1.82, 2.24) is 0 Å². The van der Waals surface area contributed by atoms with E-state index in [1.54, 1.807) is 13.0 Å². The van der Waals surface area contributed by atoms with Crippen molar-refractivity contribution >= 4 is 28.2 Å². The molecule has 0 amide bonds. The van der Waals surface area contributed by atoms with Crippen LogP contribution in [-0.2, 0) is 5.41 Å². The number of halogens is 1. The van der Waals surface area contributed by atoms with E-state index >= 15 is 0 Å². The Morgan fingerprint density at radius 1 is 0.806 bits per heavy atom. The van der Waals surface area contributed by atoms with Crippen LogP contribution in [0.25, 0.3) is 21.9 Å². The van der Waals surface area contributed by atoms with E-state index in [0.29, 0.717) is 33.2 Å². The molecule has 8 heteroatoms. The smallest absolute Gasteiger partial charge is 0.201 e. The summed E-state index contributed by atoms with van der Waals surface area (Å²) in [6, 6.07) is 8.46. The summed E-state index contributed by atoms with van der Waals surface area (Å²) in [6.07, 6.45) is 0. The van der Waals surface area contributed by atoms with Crippen molar-refractivity contribution in [3.05, 3.63) is 69.2 Å². The standard InChI is InChI=1S/C28H23ClO7/c1-11-21(20(36-4)10-19(33)25(11)29)15-7-13(30)5-12-6-16-24(26(34)22(12)15)27(35)23-17(28(16,2)3)8-14(31)9-18(23)32/h5-10,30-34H,1-4H3. The first-order valence-corrected chi connectivity index (χ1v) is 11.5. The molecule has 0 unspecified atom stereocenters. The maximum atomic E-state index is 13.7. The normalized spacial score (nSPS) is 14.0. The molecule has 0 aliphatic heterocycles. The highest BCUT2D eigenvalue weighted by Gasteiger charge is 2.41. The minimum absolute atomic E-state index is 0.00159. The first-order valence-electron chi connectivity index (χ1n) is 11.1. The Morgan fingerprint density at radius 3 is 2.11 bits per heavy atom. The number of ether oxygens (including phenoxy) is 1. The van der Waals surface area contributed by atoms with Gasteiger partial charge in [0.15, 0.2) is 0 Å². The molecule has 0 aromatic heterocycles. The van der Waals surface area contributed by atoms with E-state index in [1.165, 1.54) is 31.4 Å². The van der Waals surface area contributed by atoms with Crippen LogP contribution in [0.5, 0.6) is 34.5 Å². The maximum absolute atomic E-state index is 13.7. The number of hydrogen-bond acceptors (Lipinski definition) is 7. The highest BCUT2D eigenvalue weighted by molar-refractivity contribution is 6.33. The van der Waals surface area contributed by atoms with Gasteiger partial charge in [0.25, 0.3) is 0 Å². The number of benzene rings is 4. The Labute approximate surface area is 211 Å². The van der Waals surface area contributed by atoms with Crippen LogP contribution in [0.15, 0.2) is 36.4 Å². The van der Waals surface area contributed by atoms with Crippen LogP contribution in [0.4, 0.5) is 0 Å². The average Bonchev–Trinajstić information content (AvgIpc) is 2.79. The molecule has 7 nitrogen and oxygen atoms in total. The number of phenolic OH excluding ortho intramolecular Hbond substituents is 5. The molecule has 4 aromatic rings. The van der Waals surface area contributed by atoms with Crippen molar-refractivity contribution in [2.75, 3.05) is 7.11 Å². The summed E-state index contributed by atoms with van der Waals surface area (Å²) in [5, 5.41) is 53.9. The van der Waals surface area contributed by atoms with Gasteiger partial charge in [-0.3, -0.25) is 4.79 Å². The molecule has 1 aliphatic carbocycles. The molecular formula is C28H23ClO7. The lowest BCUT2D eigenvalue weighted by molar-refractivity contribution is 0.102. The zero-order valence-corrected chi connectivity index (χ0v) is 20.7. The second-order valence-corrected chi connectivity index (χ2v) is 9.87. The first kappa shape index (κ1) is 23.6. The second-order valence-electron chi connectivity index (χ2n) is 9.49. The number of fused-ring (bicyclic) bond motifs is 3. The van der Waals surface area contributed by atoms with E-state index in [2.05, 4.69) is 0 Å². The minimum Gasteiger partial charge on any atom is -0.508 e. The summed E-state index contributed by atoms with van der Waals surface area (Å²) in [6.45, 7) is 5.30. The quantitative estimate of drug-likeness (QED) is 0.230. The number of phenols is 5. The topological polar surface area (TPSA) is 127 Å². The molecule has 5 N–H and O–H groups in total. The van der Waals surface area contributed by atoms with Gasteiger partial charge in [0.05, 0.1) is 23.3 Å². The molecule has 0 bridgehead atoms. The molecule has 0 radical (unpaired) electrons. The van der Waals surface area contributed by atoms with Crippen LogP contribution < -0.4 is 4.74 Å². The monoisotopic (exact) mass is 506 g/mol. The fourth-order valence-electron chi connectivity index (χ4n) is 5.28. The van der Waals surface area contributed by atoms with Gasteiger partial charge in [-0.15, -0.1) is 0 Å². The van der Waals surface area contributed by atoms with Crippen LogP contribution >= 0.6 is 11.6 Å². The highest BCUT2D eigenvalue weighted by Crippen LogP contribution is 2.53. The number of carbonyl (C=O) groups is 1. The largest absolute Gasteiger partial charge is 0.508 e. The molecule has 0 heterocycles. The van der Waals surface area contributed by atoms with E-state index in [4.69, 9.17) is 16.3 Å². The predicted molar refractivity (Wildman–Crippen MR) is 136 cm³/mol. The Kier molecular flexibility index (Phi) is 5.05. The van der Waals surface area contributed by atoms with E-state index in [0.717, 1.165) is 6.07 Å². The third-order valence-corrected chi connectivity index (χ3v) is 7.51. The molecule has 4 aromatic carbocycles. The number of methoxy groups -OCH3 is 1. The van der Waals surface area contributed by atoms with E-state index in [1.807, 2.05) is 13.8 Å². The van der Waals surface area contributed by atoms with E-state index in [9.17, 15) is 30.3 Å². The van der Waals surface area contributed by atoms with E-state index < -0.39 is 11.2 Å². The van der Waals surface area contributed by atoms with Crippen LogP contribution in [0.3, 0.4) is 0 Å². The van der Waals surface area contributed by atoms with Gasteiger partial charge < -0.3 is 30.3 Å². The maximum Gasteiger partial charge on any atom is 0.201 e. The van der Waals surface area contributed by atoms with Crippen molar-refractivity contribution in [2.24, 2.45) is 0 Å². The minimum atomic E-state index is -0.887. The molecule has 5 rings (SSSR count). The molecule has 1 aliphatic rings. The molecule has 0 fully saturated rings. The van der Waals surface area contributed by atoms with Crippen molar-refractivity contribution in [3.8, 4) is 45.6 Å². The van der Waals surface area contributed by atoms with Crippen LogP contribution in [0.1, 0.15) is 46.5 Å². The van der Waals surface area contributed by atoms with Crippen LogP contribution in [0, 0.1) is 6.92 Å². The summed E-state index contributed by atoms with van der Waals surface area (Å²) in [5.41, 5.74) is 1.22. The van der Waals surface area contributed by atoms with Gasteiger partial charge in [-0.1, -0.05) is 25.4 Å². The molecular weight excluding hydrogens is 484 g/mol. The number of aromatic hydroxyl groups is 5. The van der Waals surface area contributed by atoms with Crippen molar-refractivity contribution < 1.29 is 35.1 Å². The van der Waals surface area contributed by atoms with Gasteiger partial charge in [-0.2, -0.15) is 0 Å². The summed E-state index contributed by atoms with van der Waals surface area (Å²) in [4.78, 5) is 13.7. The Bertz CT molecular complexity index is 1640. The molecule has 0 saturated carbocycles. The number of rotatable bonds is 2. The van der Waals surface area contributed by atoms with Crippen molar-refractivity contribution in [1.29, 1.82) is 0 Å². The van der Waals surface area contributed by atoms with Gasteiger partial charge in [0.2, 0.25) is 5.78 Å². The lowest BCUT2D eigenvalue weighted by Crippen LogP contribution is -2.30. The molecule has 36 heavy (non-hydrogen) atoms. The Morgan fingerprint density at radius 2 is 1.44 bits per heavy atom. The lowest BCUT2D eigenvalue weighted by atomic mass is 9.67. The lowest BCUT2D eigenvalue weighted by Gasteiger charge is -2.35. The van der Waals surface area contributed by atoms with Gasteiger partial charge in [-0.25, -0.2) is 0 Å². The van der Waals surface area contributed by atoms with Crippen LogP contribution in [0.2, 0.25) is 5.02 Å². The fraction of sp³-hybridized carbons (Fsp3) is 0.179. The van der Waals surface area contributed by atoms with Crippen LogP contribution in [-0.4, -0.2) is 38.4 Å². The number of hydrogen-bond donors (Lipinski definition) is 5.